The fourth-order valence-corrected chi connectivity index (χ4v) is 4.68. The molecule has 0 aromatic heterocycles. The largest absolute Gasteiger partial charge is 0.491 e. The SMILES string of the molecule is COCCOC(=O)N(C)C1C2CCC1CN(CC(O)COc1ccc(C#N)cc1)C2. The number of hydrogen-bond acceptors (Lipinski definition) is 7. The molecule has 1 amide bonds. The van der Waals surface area contributed by atoms with Crippen molar-refractivity contribution in [1.82, 2.24) is 9.80 Å². The van der Waals surface area contributed by atoms with Gasteiger partial charge in [-0.3, -0.25) is 4.90 Å². The zero-order valence-electron chi connectivity index (χ0n) is 17.7. The first-order valence-electron chi connectivity index (χ1n) is 10.4. The molecule has 2 aliphatic rings. The van der Waals surface area contributed by atoms with Gasteiger partial charge in [-0.1, -0.05) is 0 Å². The van der Waals surface area contributed by atoms with E-state index >= 15 is 0 Å². The van der Waals surface area contributed by atoms with E-state index in [1.165, 1.54) is 0 Å². The predicted octanol–water partition coefficient (Wildman–Crippen LogP) is 1.72. The third kappa shape index (κ3) is 5.63. The standard InChI is InChI=1S/C22H31N3O5/c1-24(22(27)29-10-9-28-2)21-17-5-6-18(21)13-25(12-17)14-19(26)15-30-20-7-3-16(11-23)4-8-20/h3-4,7-8,17-19,21,26H,5-6,9-10,12-15H2,1-2H3. The molecule has 0 radical (unpaired) electrons. The van der Waals surface area contributed by atoms with E-state index in [1.54, 1.807) is 36.3 Å². The van der Waals surface area contributed by atoms with Crippen LogP contribution in [0.4, 0.5) is 4.79 Å². The average molecular weight is 418 g/mol. The molecular weight excluding hydrogens is 386 g/mol. The number of β-amino-alcohol motifs (C(OH)–C–C–N with tert-alkyl or cyclic N) is 1. The van der Waals surface area contributed by atoms with Crippen molar-refractivity contribution in [1.29, 1.82) is 5.26 Å². The minimum atomic E-state index is -0.603. The summed E-state index contributed by atoms with van der Waals surface area (Å²) in [6, 6.07) is 9.11. The van der Waals surface area contributed by atoms with E-state index in [4.69, 9.17) is 19.5 Å². The number of likely N-dealkylation sites (tertiary alicyclic amines) is 1. The van der Waals surface area contributed by atoms with Gasteiger partial charge < -0.3 is 24.2 Å². The normalized spacial score (nSPS) is 24.1. The van der Waals surface area contributed by atoms with Crippen LogP contribution in [0.3, 0.4) is 0 Å². The van der Waals surface area contributed by atoms with Crippen LogP contribution >= 0.6 is 0 Å². The molecule has 164 valence electrons. The number of amides is 1. The molecule has 2 bridgehead atoms. The number of piperidine rings is 1. The Balaban J connectivity index is 1.45. The number of benzene rings is 1. The van der Waals surface area contributed by atoms with Crippen molar-refractivity contribution in [3.05, 3.63) is 29.8 Å². The molecule has 1 aromatic rings. The van der Waals surface area contributed by atoms with Crippen LogP contribution in [0.25, 0.3) is 0 Å². The van der Waals surface area contributed by atoms with Crippen molar-refractivity contribution in [2.24, 2.45) is 11.8 Å². The Morgan fingerprint density at radius 1 is 1.27 bits per heavy atom. The highest BCUT2D eigenvalue weighted by atomic mass is 16.6. The summed E-state index contributed by atoms with van der Waals surface area (Å²) in [5.74, 6) is 1.41. The van der Waals surface area contributed by atoms with Crippen molar-refractivity contribution < 1.29 is 24.1 Å². The second-order valence-electron chi connectivity index (χ2n) is 8.13. The molecular formula is C22H31N3O5. The first-order chi connectivity index (χ1) is 14.5. The molecule has 1 saturated heterocycles. The van der Waals surface area contributed by atoms with E-state index in [1.807, 2.05) is 7.05 Å². The summed E-state index contributed by atoms with van der Waals surface area (Å²) in [4.78, 5) is 16.3. The highest BCUT2D eigenvalue weighted by Crippen LogP contribution is 2.39. The Morgan fingerprint density at radius 2 is 1.93 bits per heavy atom. The topological polar surface area (TPSA) is 95.3 Å². The lowest BCUT2D eigenvalue weighted by molar-refractivity contribution is 0.0119. The number of fused-ring (bicyclic) bond motifs is 2. The molecule has 1 heterocycles. The summed E-state index contributed by atoms with van der Waals surface area (Å²) in [7, 11) is 3.40. The van der Waals surface area contributed by atoms with E-state index in [0.717, 1.165) is 25.9 Å². The van der Waals surface area contributed by atoms with Gasteiger partial charge in [0.15, 0.2) is 0 Å². The van der Waals surface area contributed by atoms with Crippen molar-refractivity contribution >= 4 is 6.09 Å². The van der Waals surface area contributed by atoms with E-state index in [9.17, 15) is 9.90 Å². The van der Waals surface area contributed by atoms with Crippen LogP contribution in [0.15, 0.2) is 24.3 Å². The second kappa shape index (κ2) is 10.6. The molecule has 1 aliphatic heterocycles. The number of carbonyl (C=O) groups is 1. The first-order valence-corrected chi connectivity index (χ1v) is 10.4. The molecule has 3 atom stereocenters. The van der Waals surface area contributed by atoms with Crippen LogP contribution in [-0.2, 0) is 9.47 Å². The van der Waals surface area contributed by atoms with Gasteiger partial charge in [-0.15, -0.1) is 0 Å². The van der Waals surface area contributed by atoms with Crippen LogP contribution in [0.1, 0.15) is 18.4 Å². The highest BCUT2D eigenvalue weighted by molar-refractivity contribution is 5.67. The van der Waals surface area contributed by atoms with Crippen LogP contribution in [0, 0.1) is 23.2 Å². The summed E-state index contributed by atoms with van der Waals surface area (Å²) in [5, 5.41) is 19.3. The molecule has 1 N–H and O–H groups in total. The number of ether oxygens (including phenoxy) is 3. The minimum Gasteiger partial charge on any atom is -0.491 e. The van der Waals surface area contributed by atoms with Crippen LogP contribution in [-0.4, -0.2) is 86.8 Å². The number of carbonyl (C=O) groups excluding carboxylic acids is 1. The van der Waals surface area contributed by atoms with Gasteiger partial charge >= 0.3 is 6.09 Å². The van der Waals surface area contributed by atoms with E-state index in [2.05, 4.69) is 11.0 Å². The van der Waals surface area contributed by atoms with Gasteiger partial charge in [0.05, 0.1) is 18.2 Å². The lowest BCUT2D eigenvalue weighted by Crippen LogP contribution is -2.54. The maximum Gasteiger partial charge on any atom is 0.409 e. The molecule has 0 spiro atoms. The Labute approximate surface area is 177 Å². The monoisotopic (exact) mass is 417 g/mol. The van der Waals surface area contributed by atoms with Crippen molar-refractivity contribution in [3.8, 4) is 11.8 Å². The maximum absolute atomic E-state index is 12.3. The van der Waals surface area contributed by atoms with Crippen LogP contribution in [0.5, 0.6) is 5.75 Å². The summed E-state index contributed by atoms with van der Waals surface area (Å²) in [6.07, 6.45) is 1.27. The molecule has 30 heavy (non-hydrogen) atoms. The third-order valence-electron chi connectivity index (χ3n) is 6.00. The summed E-state index contributed by atoms with van der Waals surface area (Å²) < 4.78 is 15.9. The fraction of sp³-hybridized carbons (Fsp3) is 0.636. The number of nitrogens with zero attached hydrogens (tertiary/aromatic N) is 3. The van der Waals surface area contributed by atoms with Gasteiger partial charge in [-0.25, -0.2) is 4.79 Å². The Bertz CT molecular complexity index is 721. The van der Waals surface area contributed by atoms with E-state index in [0.29, 0.717) is 36.3 Å². The van der Waals surface area contributed by atoms with E-state index in [-0.39, 0.29) is 25.3 Å². The van der Waals surface area contributed by atoms with Gasteiger partial charge in [0.2, 0.25) is 0 Å². The highest BCUT2D eigenvalue weighted by Gasteiger charge is 2.45. The number of methoxy groups -OCH3 is 1. The number of hydrogen-bond donors (Lipinski definition) is 1. The molecule has 8 nitrogen and oxygen atoms in total. The Morgan fingerprint density at radius 3 is 2.53 bits per heavy atom. The van der Waals surface area contributed by atoms with Crippen molar-refractivity contribution in [2.75, 3.05) is 53.6 Å². The number of nitriles is 1. The molecule has 1 saturated carbocycles. The summed E-state index contributed by atoms with van der Waals surface area (Å²) in [6.45, 7) is 3.10. The summed E-state index contributed by atoms with van der Waals surface area (Å²) in [5.41, 5.74) is 0.578. The number of aliphatic hydroxyl groups is 1. The van der Waals surface area contributed by atoms with Gasteiger partial charge in [0.25, 0.3) is 0 Å². The maximum atomic E-state index is 12.3. The third-order valence-corrected chi connectivity index (χ3v) is 6.00. The van der Waals surface area contributed by atoms with Gasteiger partial charge in [0, 0.05) is 39.8 Å². The molecule has 3 rings (SSSR count). The molecule has 1 aromatic carbocycles. The lowest BCUT2D eigenvalue weighted by atomic mass is 9.91. The van der Waals surface area contributed by atoms with Gasteiger partial charge in [0.1, 0.15) is 25.1 Å². The second-order valence-corrected chi connectivity index (χ2v) is 8.13. The number of aliphatic hydroxyl groups excluding tert-OH is 1. The fourth-order valence-electron chi connectivity index (χ4n) is 4.68. The molecule has 3 unspecified atom stereocenters. The molecule has 1 aliphatic carbocycles. The van der Waals surface area contributed by atoms with Gasteiger partial charge in [-0.2, -0.15) is 5.26 Å². The average Bonchev–Trinajstić information content (AvgIpc) is 3.02. The predicted molar refractivity (Wildman–Crippen MR) is 110 cm³/mol. The lowest BCUT2D eigenvalue weighted by Gasteiger charge is -2.42. The van der Waals surface area contributed by atoms with E-state index < -0.39 is 6.10 Å². The molecule has 8 heteroatoms. The summed E-state index contributed by atoms with van der Waals surface area (Å²) >= 11 is 0. The quantitative estimate of drug-likeness (QED) is 0.611. The van der Waals surface area contributed by atoms with Crippen molar-refractivity contribution in [2.45, 2.75) is 25.0 Å². The van der Waals surface area contributed by atoms with Crippen LogP contribution in [0.2, 0.25) is 0 Å². The zero-order chi connectivity index (χ0) is 21.5. The van der Waals surface area contributed by atoms with Crippen molar-refractivity contribution in [3.63, 3.8) is 0 Å². The molecule has 2 fully saturated rings. The zero-order valence-corrected chi connectivity index (χ0v) is 17.7. The first kappa shape index (κ1) is 22.3. The number of rotatable bonds is 9. The Hall–Kier alpha value is -2.34. The Kier molecular flexibility index (Phi) is 7.91. The minimum absolute atomic E-state index is 0.184. The van der Waals surface area contributed by atoms with Gasteiger partial charge in [-0.05, 0) is 48.9 Å². The van der Waals surface area contributed by atoms with Crippen LogP contribution < -0.4 is 4.74 Å². The smallest absolute Gasteiger partial charge is 0.409 e.